The molecule has 0 amide bonds. The van der Waals surface area contributed by atoms with Crippen molar-refractivity contribution in [3.05, 3.63) is 41.5 Å². The van der Waals surface area contributed by atoms with Crippen molar-refractivity contribution in [2.45, 2.75) is 70.6 Å². The van der Waals surface area contributed by atoms with Gasteiger partial charge in [0.1, 0.15) is 12.4 Å². The van der Waals surface area contributed by atoms with Crippen molar-refractivity contribution in [1.29, 1.82) is 0 Å². The molecule has 0 heterocycles. The Morgan fingerprint density at radius 2 is 1.82 bits per heavy atom. The first kappa shape index (κ1) is 23.1. The molecule has 146 valence electrons. The fourth-order valence-electron chi connectivity index (χ4n) is 4.58. The molecule has 1 unspecified atom stereocenters. The first-order valence-corrected chi connectivity index (χ1v) is 10.2. The first-order valence-electron chi connectivity index (χ1n) is 10.2. The van der Waals surface area contributed by atoms with Gasteiger partial charge in [-0.2, -0.15) is 0 Å². The van der Waals surface area contributed by atoms with Crippen LogP contribution in [0, 0.1) is 17.3 Å². The Labute approximate surface area is 191 Å². The Hall–Kier alpha value is -1.21. The number of carboxylic acids is 1. The molecule has 28 heavy (non-hydrogen) atoms. The number of aliphatic carboxylic acids is 1. The Bertz CT molecular complexity index is 733. The van der Waals surface area contributed by atoms with E-state index in [1.54, 1.807) is 6.92 Å². The van der Waals surface area contributed by atoms with Gasteiger partial charge in [-0.25, -0.2) is 0 Å². The summed E-state index contributed by atoms with van der Waals surface area (Å²) < 4.78 is 6.03. The normalized spacial score (nSPS) is 18.8. The van der Waals surface area contributed by atoms with Crippen LogP contribution in [-0.4, -0.2) is 47.2 Å². The third kappa shape index (κ3) is 6.41. The van der Waals surface area contributed by atoms with Gasteiger partial charge in [-0.05, 0) is 67.7 Å². The fraction of sp³-hybridized carbons (Fsp3) is 0.542. The van der Waals surface area contributed by atoms with E-state index in [4.69, 9.17) is 9.84 Å². The summed E-state index contributed by atoms with van der Waals surface area (Å²) in [6.07, 6.45) is 13.1. The molecule has 1 N–H and O–H groups in total. The van der Waals surface area contributed by atoms with Crippen molar-refractivity contribution >= 4 is 35.5 Å². The molecule has 0 aromatic heterocycles. The van der Waals surface area contributed by atoms with E-state index in [1.165, 1.54) is 50.5 Å². The van der Waals surface area contributed by atoms with E-state index >= 15 is 0 Å². The average molecular weight is 390 g/mol. The monoisotopic (exact) mass is 390 g/mol. The number of carbonyl (C=O) groups is 1. The molecule has 1 fully saturated rings. The summed E-state index contributed by atoms with van der Waals surface area (Å²) in [5.41, 5.74) is 2.81. The summed E-state index contributed by atoms with van der Waals surface area (Å²) in [5.74, 6) is 5.55. The van der Waals surface area contributed by atoms with Crippen molar-refractivity contribution in [2.75, 3.05) is 6.61 Å². The predicted molar refractivity (Wildman–Crippen MR) is 115 cm³/mol. The van der Waals surface area contributed by atoms with Crippen LogP contribution in [0.5, 0.6) is 5.75 Å². The van der Waals surface area contributed by atoms with Crippen LogP contribution in [0.4, 0.5) is 0 Å². The molecule has 1 saturated carbocycles. The molecule has 0 radical (unpaired) electrons. The van der Waals surface area contributed by atoms with E-state index in [1.807, 2.05) is 24.3 Å². The van der Waals surface area contributed by atoms with Gasteiger partial charge in [0.25, 0.3) is 0 Å². The number of hydrogen-bond donors (Lipinski definition) is 1. The maximum atomic E-state index is 11.0. The average Bonchev–Trinajstić information content (AvgIpc) is 2.67. The van der Waals surface area contributed by atoms with Crippen LogP contribution in [0.15, 0.2) is 35.9 Å². The molecule has 2 aliphatic rings. The van der Waals surface area contributed by atoms with Gasteiger partial charge in [0, 0.05) is 0 Å². The second-order valence-corrected chi connectivity index (χ2v) is 7.98. The van der Waals surface area contributed by atoms with Crippen molar-refractivity contribution in [2.24, 2.45) is 5.41 Å². The van der Waals surface area contributed by atoms with Gasteiger partial charge >= 0.3 is 35.5 Å². The molecule has 1 spiro atoms. The topological polar surface area (TPSA) is 46.5 Å². The minimum absolute atomic E-state index is 0. The Balaban J connectivity index is 0.00000280. The molecule has 2 aliphatic carbocycles. The third-order valence-electron chi connectivity index (χ3n) is 5.94. The molecule has 3 rings (SSSR count). The molecular weight excluding hydrogens is 359 g/mol. The Kier molecular flexibility index (Phi) is 9.15. The number of allylic oxidation sites excluding steroid dienone is 1. The van der Waals surface area contributed by atoms with Gasteiger partial charge in [0.2, 0.25) is 0 Å². The third-order valence-corrected chi connectivity index (χ3v) is 5.94. The number of rotatable bonds is 6. The minimum atomic E-state index is -0.830. The van der Waals surface area contributed by atoms with Gasteiger partial charge in [-0.3, -0.25) is 4.79 Å². The van der Waals surface area contributed by atoms with Gasteiger partial charge in [0.15, 0.2) is 0 Å². The van der Waals surface area contributed by atoms with Crippen LogP contribution < -0.4 is 4.74 Å². The quantitative estimate of drug-likeness (QED) is 0.420. The van der Waals surface area contributed by atoms with Crippen LogP contribution >= 0.6 is 0 Å². The van der Waals surface area contributed by atoms with Crippen LogP contribution in [-0.2, 0) is 4.79 Å². The van der Waals surface area contributed by atoms with Crippen LogP contribution in [0.25, 0.3) is 0 Å². The molecule has 1 aromatic carbocycles. The van der Waals surface area contributed by atoms with Crippen LogP contribution in [0.3, 0.4) is 0 Å². The van der Waals surface area contributed by atoms with Gasteiger partial charge in [-0.15, -0.1) is 5.92 Å². The van der Waals surface area contributed by atoms with E-state index in [-0.39, 0.29) is 41.9 Å². The SMILES string of the molecule is CC#CC(CC(=O)O)c1ccc(OCC2=CC3(CCCCC3)CCC2)cc1.[NaH]. The molecule has 1 aromatic rings. The van der Waals surface area contributed by atoms with E-state index in [2.05, 4.69) is 17.9 Å². The van der Waals surface area contributed by atoms with E-state index in [9.17, 15) is 4.79 Å². The van der Waals surface area contributed by atoms with Crippen LogP contribution in [0.1, 0.15) is 76.2 Å². The standard InChI is InChI=1S/C24H30O3.Na.H/c1-2-7-21(16-23(25)26)20-9-11-22(12-10-20)27-18-19-8-6-15-24(17-19)13-4-3-5-14-24;;/h9-12,17,21H,3-6,8,13-16,18H2,1H3,(H,25,26);;. The molecule has 0 saturated heterocycles. The second-order valence-electron chi connectivity index (χ2n) is 7.98. The molecule has 0 aliphatic heterocycles. The predicted octanol–water partition coefficient (Wildman–Crippen LogP) is 5.06. The van der Waals surface area contributed by atoms with E-state index in [0.29, 0.717) is 12.0 Å². The van der Waals surface area contributed by atoms with Gasteiger partial charge in [-0.1, -0.05) is 43.4 Å². The zero-order chi connectivity index (χ0) is 19.1. The van der Waals surface area contributed by atoms with Gasteiger partial charge in [0.05, 0.1) is 12.3 Å². The van der Waals surface area contributed by atoms with Crippen molar-refractivity contribution < 1.29 is 14.6 Å². The van der Waals surface area contributed by atoms with Crippen molar-refractivity contribution in [3.8, 4) is 17.6 Å². The van der Waals surface area contributed by atoms with E-state index < -0.39 is 5.97 Å². The number of carboxylic acid groups (broad SMARTS) is 1. The van der Waals surface area contributed by atoms with Crippen molar-refractivity contribution in [1.82, 2.24) is 0 Å². The molecule has 3 nitrogen and oxygen atoms in total. The summed E-state index contributed by atoms with van der Waals surface area (Å²) in [6.45, 7) is 2.40. The maximum absolute atomic E-state index is 11.0. The summed E-state index contributed by atoms with van der Waals surface area (Å²) in [5, 5.41) is 9.06. The molecule has 1 atom stereocenters. The Morgan fingerprint density at radius 1 is 1.14 bits per heavy atom. The number of benzene rings is 1. The summed E-state index contributed by atoms with van der Waals surface area (Å²) in [6, 6.07) is 7.74. The molecule has 0 bridgehead atoms. The summed E-state index contributed by atoms with van der Waals surface area (Å²) >= 11 is 0. The second kappa shape index (κ2) is 11.1. The summed E-state index contributed by atoms with van der Waals surface area (Å²) in [4.78, 5) is 11.0. The first-order chi connectivity index (χ1) is 13.1. The zero-order valence-electron chi connectivity index (χ0n) is 16.3. The molecule has 4 heteroatoms. The fourth-order valence-corrected chi connectivity index (χ4v) is 4.58. The van der Waals surface area contributed by atoms with E-state index in [0.717, 1.165) is 17.7 Å². The Morgan fingerprint density at radius 3 is 2.46 bits per heavy atom. The number of ether oxygens (including phenoxy) is 1. The number of hydrogen-bond acceptors (Lipinski definition) is 2. The summed E-state index contributed by atoms with van der Waals surface area (Å²) in [7, 11) is 0. The van der Waals surface area contributed by atoms with Crippen LogP contribution in [0.2, 0.25) is 0 Å². The van der Waals surface area contributed by atoms with Gasteiger partial charge < -0.3 is 9.84 Å². The zero-order valence-corrected chi connectivity index (χ0v) is 16.3. The van der Waals surface area contributed by atoms with Crippen molar-refractivity contribution in [3.63, 3.8) is 0 Å². The molecular formula is C24H31NaO3.